The van der Waals surface area contributed by atoms with Gasteiger partial charge in [0.1, 0.15) is 11.3 Å². The van der Waals surface area contributed by atoms with Gasteiger partial charge in [0.2, 0.25) is 0 Å². The predicted molar refractivity (Wildman–Crippen MR) is 114 cm³/mol. The van der Waals surface area contributed by atoms with Crippen LogP contribution in [0.3, 0.4) is 0 Å². The molecule has 0 spiro atoms. The highest BCUT2D eigenvalue weighted by molar-refractivity contribution is 8.04. The average Bonchev–Trinajstić information content (AvgIpc) is 2.61. The summed E-state index contributed by atoms with van der Waals surface area (Å²) in [5.74, 6) is 1.80. The van der Waals surface area contributed by atoms with Gasteiger partial charge in [-0.25, -0.2) is 4.99 Å². The zero-order chi connectivity index (χ0) is 18.6. The summed E-state index contributed by atoms with van der Waals surface area (Å²) in [6, 6.07) is 17.6. The molecule has 26 heavy (non-hydrogen) atoms. The predicted octanol–water partition coefficient (Wildman–Crippen LogP) is 6.20. The van der Waals surface area contributed by atoms with Crippen molar-refractivity contribution >= 4 is 28.6 Å². The van der Waals surface area contributed by atoms with Crippen molar-refractivity contribution in [1.29, 1.82) is 0 Å². The van der Waals surface area contributed by atoms with Crippen molar-refractivity contribution in [3.8, 4) is 0 Å². The molecular weight excluding hydrogens is 358 g/mol. The molecule has 0 saturated heterocycles. The summed E-state index contributed by atoms with van der Waals surface area (Å²) < 4.78 is 5.80. The van der Waals surface area contributed by atoms with Crippen molar-refractivity contribution in [2.75, 3.05) is 12.4 Å². The Kier molecular flexibility index (Phi) is 6.36. The number of unbranched alkanes of at least 4 members (excludes halogenated alkanes) is 1. The van der Waals surface area contributed by atoms with Gasteiger partial charge in [0.15, 0.2) is 15.7 Å². The number of aliphatic imine (C=N–C) groups is 1. The second kappa shape index (κ2) is 8.53. The summed E-state index contributed by atoms with van der Waals surface area (Å²) in [4.78, 5) is 10.6. The molecular formula is C22H28NOS2+. The summed E-state index contributed by atoms with van der Waals surface area (Å²) in [5, 5.41) is 0. The molecule has 3 rings (SSSR count). The number of fused-ring (bicyclic) bond motifs is 2. The number of nitrogens with zero attached hydrogens (tertiary/aromatic N) is 1. The molecule has 0 unspecified atom stereocenters. The molecule has 0 amide bonds. The van der Waals surface area contributed by atoms with Crippen molar-refractivity contribution < 1.29 is 4.74 Å². The van der Waals surface area contributed by atoms with Crippen molar-refractivity contribution in [2.24, 2.45) is 4.99 Å². The van der Waals surface area contributed by atoms with Crippen molar-refractivity contribution in [2.45, 2.75) is 65.7 Å². The number of benzene rings is 2. The molecule has 0 aliphatic carbocycles. The van der Waals surface area contributed by atoms with Gasteiger partial charge < -0.3 is 4.74 Å². The van der Waals surface area contributed by atoms with Crippen LogP contribution in [0, 0.1) is 0 Å². The monoisotopic (exact) mass is 386 g/mol. The van der Waals surface area contributed by atoms with Crippen LogP contribution in [0.1, 0.15) is 40.5 Å². The second-order valence-electron chi connectivity index (χ2n) is 7.18. The van der Waals surface area contributed by atoms with E-state index in [1.165, 1.54) is 19.6 Å². The fraction of sp³-hybridized carbons (Fsp3) is 0.409. The molecule has 1 heterocycles. The van der Waals surface area contributed by atoms with Crippen molar-refractivity contribution in [3.05, 3.63) is 48.5 Å². The first-order chi connectivity index (χ1) is 12.5. The molecule has 0 N–H and O–H groups in total. The first kappa shape index (κ1) is 19.4. The van der Waals surface area contributed by atoms with Gasteiger partial charge in [-0.3, -0.25) is 0 Å². The van der Waals surface area contributed by atoms with Gasteiger partial charge in [-0.2, -0.15) is 0 Å². The van der Waals surface area contributed by atoms with E-state index in [0.717, 1.165) is 31.1 Å². The Labute approximate surface area is 164 Å². The fourth-order valence-electron chi connectivity index (χ4n) is 3.08. The maximum absolute atomic E-state index is 5.80. The van der Waals surface area contributed by atoms with E-state index in [1.807, 2.05) is 18.7 Å². The number of hydrogen-bond acceptors (Lipinski definition) is 3. The van der Waals surface area contributed by atoms with Gasteiger partial charge >= 0.3 is 0 Å². The van der Waals surface area contributed by atoms with Crippen LogP contribution in [0.25, 0.3) is 0 Å². The summed E-state index contributed by atoms with van der Waals surface area (Å²) >= 11 is 1.89. The molecule has 1 aliphatic heterocycles. The lowest BCUT2D eigenvalue weighted by atomic mass is 10.1. The standard InChI is InChI=1S/C22H28NOS2/c1-5-6-15-24-17(2)23-22(3,4)16-26-20-13-9-7-11-18(20)25-19-12-8-10-14-21(19)26/h7-14H,5-6,15-16H2,1-4H3/q+1. The van der Waals surface area contributed by atoms with E-state index >= 15 is 0 Å². The average molecular weight is 387 g/mol. The number of ether oxygens (including phenoxy) is 1. The Bertz CT molecular complexity index is 740. The van der Waals surface area contributed by atoms with Gasteiger partial charge in [-0.1, -0.05) is 49.4 Å². The van der Waals surface area contributed by atoms with Crippen LogP contribution in [0.4, 0.5) is 0 Å². The molecule has 4 heteroatoms. The quantitative estimate of drug-likeness (QED) is 0.255. The van der Waals surface area contributed by atoms with E-state index in [2.05, 4.69) is 69.3 Å². The fourth-order valence-corrected chi connectivity index (χ4v) is 7.22. The van der Waals surface area contributed by atoms with Crippen LogP contribution in [0.2, 0.25) is 0 Å². The van der Waals surface area contributed by atoms with Gasteiger partial charge in [0, 0.05) is 6.92 Å². The van der Waals surface area contributed by atoms with Crippen LogP contribution < -0.4 is 0 Å². The molecule has 0 saturated carbocycles. The minimum absolute atomic E-state index is 0.0288. The summed E-state index contributed by atoms with van der Waals surface area (Å²) in [5.41, 5.74) is -0.165. The molecule has 1 aliphatic rings. The molecule has 0 aromatic heterocycles. The van der Waals surface area contributed by atoms with Gasteiger partial charge in [0.25, 0.3) is 0 Å². The molecule has 138 valence electrons. The van der Waals surface area contributed by atoms with Gasteiger partial charge in [-0.15, -0.1) is 0 Å². The third-order valence-electron chi connectivity index (χ3n) is 4.22. The first-order valence-corrected chi connectivity index (χ1v) is 11.5. The van der Waals surface area contributed by atoms with E-state index in [-0.39, 0.29) is 16.4 Å². The minimum atomic E-state index is -0.165. The van der Waals surface area contributed by atoms with Crippen LogP contribution in [-0.4, -0.2) is 23.8 Å². The zero-order valence-electron chi connectivity index (χ0n) is 16.1. The van der Waals surface area contributed by atoms with E-state index < -0.39 is 0 Å². The van der Waals surface area contributed by atoms with E-state index in [0.29, 0.717) is 0 Å². The highest BCUT2D eigenvalue weighted by Crippen LogP contribution is 2.46. The lowest BCUT2D eigenvalue weighted by Crippen LogP contribution is -2.31. The zero-order valence-corrected chi connectivity index (χ0v) is 17.8. The maximum atomic E-state index is 5.80. The summed E-state index contributed by atoms with van der Waals surface area (Å²) in [7, 11) is 0.0288. The highest BCUT2D eigenvalue weighted by Gasteiger charge is 2.40. The largest absolute Gasteiger partial charge is 0.481 e. The van der Waals surface area contributed by atoms with E-state index in [9.17, 15) is 0 Å². The van der Waals surface area contributed by atoms with Gasteiger partial charge in [-0.05, 0) is 44.5 Å². The Hall–Kier alpha value is -1.39. The Morgan fingerprint density at radius 3 is 2.19 bits per heavy atom. The molecule has 2 aromatic rings. The summed E-state index contributed by atoms with van der Waals surface area (Å²) in [6.07, 6.45) is 2.22. The smallest absolute Gasteiger partial charge is 0.180 e. The highest BCUT2D eigenvalue weighted by atomic mass is 32.2. The topological polar surface area (TPSA) is 21.6 Å². The Morgan fingerprint density at radius 1 is 1.04 bits per heavy atom. The second-order valence-corrected chi connectivity index (χ2v) is 10.2. The molecule has 0 atom stereocenters. The Balaban J connectivity index is 1.86. The van der Waals surface area contributed by atoms with Gasteiger partial charge in [0.05, 0.1) is 27.3 Å². The van der Waals surface area contributed by atoms with Crippen molar-refractivity contribution in [3.63, 3.8) is 0 Å². The maximum Gasteiger partial charge on any atom is 0.180 e. The van der Waals surface area contributed by atoms with E-state index in [4.69, 9.17) is 9.73 Å². The normalized spacial score (nSPS) is 14.7. The van der Waals surface area contributed by atoms with E-state index in [1.54, 1.807) is 0 Å². The van der Waals surface area contributed by atoms with Crippen LogP contribution >= 0.6 is 11.8 Å². The molecule has 0 bridgehead atoms. The minimum Gasteiger partial charge on any atom is -0.481 e. The third kappa shape index (κ3) is 4.66. The third-order valence-corrected chi connectivity index (χ3v) is 8.39. The number of hydrogen-bond donors (Lipinski definition) is 0. The molecule has 2 nitrogen and oxygen atoms in total. The molecule has 0 fully saturated rings. The number of rotatable bonds is 6. The molecule has 2 aromatic carbocycles. The van der Waals surface area contributed by atoms with Crippen molar-refractivity contribution in [1.82, 2.24) is 0 Å². The SMILES string of the molecule is CCCCOC(C)=NC(C)(C)C[S+]1c2ccccc2Sc2ccccc21. The van der Waals surface area contributed by atoms with Crippen LogP contribution in [0.5, 0.6) is 0 Å². The van der Waals surface area contributed by atoms with Crippen LogP contribution in [0.15, 0.2) is 73.1 Å². The lowest BCUT2D eigenvalue weighted by molar-refractivity contribution is 0.289. The first-order valence-electron chi connectivity index (χ1n) is 9.26. The Morgan fingerprint density at radius 2 is 1.62 bits per heavy atom. The summed E-state index contributed by atoms with van der Waals surface area (Å²) in [6.45, 7) is 9.37. The van der Waals surface area contributed by atoms with Crippen LogP contribution in [-0.2, 0) is 15.6 Å². The lowest BCUT2D eigenvalue weighted by Gasteiger charge is -2.25. The molecule has 0 radical (unpaired) electrons.